The second kappa shape index (κ2) is 5.76. The van der Waals surface area contributed by atoms with Crippen LogP contribution < -0.4 is 0 Å². The SMILES string of the molecule is C=C=C(C=CC=CC)C(C)C. The molecule has 0 spiro atoms. The Kier molecular flexibility index (Phi) is 5.24. The smallest absolute Gasteiger partial charge is 0.00411 e. The Morgan fingerprint density at radius 2 is 2.00 bits per heavy atom. The van der Waals surface area contributed by atoms with Crippen LogP contribution in [0.5, 0.6) is 0 Å². The van der Waals surface area contributed by atoms with E-state index in [0.29, 0.717) is 5.92 Å². The third-order valence-electron chi connectivity index (χ3n) is 1.41. The van der Waals surface area contributed by atoms with Crippen molar-refractivity contribution in [1.29, 1.82) is 0 Å². The molecule has 0 saturated carbocycles. The summed E-state index contributed by atoms with van der Waals surface area (Å²) in [6.45, 7) is 9.89. The summed E-state index contributed by atoms with van der Waals surface area (Å²) in [6, 6.07) is 0. The molecule has 0 rings (SSSR count). The predicted octanol–water partition coefficient (Wildman–Crippen LogP) is 3.49. The molecule has 0 aliphatic heterocycles. The number of rotatable bonds is 3. The molecule has 0 aromatic heterocycles. The Labute approximate surface area is 69.6 Å². The molecular formula is C11H16. The standard InChI is InChI=1S/C11H16/c1-5-7-8-9-11(6-2)10(3)4/h5,7-10H,2H2,1,3-4H3. The van der Waals surface area contributed by atoms with Crippen molar-refractivity contribution >= 4 is 0 Å². The highest BCUT2D eigenvalue weighted by Gasteiger charge is 1.94. The largest absolute Gasteiger partial charge is 0.125 e. The molecule has 0 fully saturated rings. The Balaban J connectivity index is 4.22. The van der Waals surface area contributed by atoms with Crippen LogP contribution in [0.15, 0.2) is 42.2 Å². The van der Waals surface area contributed by atoms with Gasteiger partial charge in [-0.05, 0) is 18.4 Å². The fraction of sp³-hybridized carbons (Fsp3) is 0.364. The van der Waals surface area contributed by atoms with E-state index in [4.69, 9.17) is 0 Å². The fourth-order valence-corrected chi connectivity index (χ4v) is 0.726. The molecule has 0 heteroatoms. The zero-order valence-electron chi connectivity index (χ0n) is 7.59. The molecule has 0 heterocycles. The van der Waals surface area contributed by atoms with E-state index in [9.17, 15) is 0 Å². The zero-order valence-corrected chi connectivity index (χ0v) is 7.59. The molecule has 0 nitrogen and oxygen atoms in total. The van der Waals surface area contributed by atoms with Crippen molar-refractivity contribution in [3.63, 3.8) is 0 Å². The van der Waals surface area contributed by atoms with Gasteiger partial charge in [0.1, 0.15) is 0 Å². The number of allylic oxidation sites excluding steroid dienone is 5. The molecule has 0 radical (unpaired) electrons. The van der Waals surface area contributed by atoms with Gasteiger partial charge >= 0.3 is 0 Å². The molecule has 0 unspecified atom stereocenters. The van der Waals surface area contributed by atoms with Crippen LogP contribution in [0.4, 0.5) is 0 Å². The highest BCUT2D eigenvalue weighted by atomic mass is 14.0. The second-order valence-corrected chi connectivity index (χ2v) is 2.67. The van der Waals surface area contributed by atoms with E-state index in [1.807, 2.05) is 31.2 Å². The van der Waals surface area contributed by atoms with E-state index in [1.54, 1.807) is 0 Å². The van der Waals surface area contributed by atoms with Gasteiger partial charge in [-0.3, -0.25) is 0 Å². The van der Waals surface area contributed by atoms with Crippen LogP contribution in [-0.4, -0.2) is 0 Å². The van der Waals surface area contributed by atoms with Crippen molar-refractivity contribution in [2.24, 2.45) is 5.92 Å². The van der Waals surface area contributed by atoms with Crippen molar-refractivity contribution in [2.75, 3.05) is 0 Å². The first-order valence-electron chi connectivity index (χ1n) is 3.91. The number of hydrogen-bond acceptors (Lipinski definition) is 0. The molecular weight excluding hydrogens is 132 g/mol. The topological polar surface area (TPSA) is 0 Å². The molecule has 0 atom stereocenters. The summed E-state index contributed by atoms with van der Waals surface area (Å²) in [6.07, 6.45) is 8.04. The monoisotopic (exact) mass is 148 g/mol. The van der Waals surface area contributed by atoms with Crippen molar-refractivity contribution < 1.29 is 0 Å². The van der Waals surface area contributed by atoms with Gasteiger partial charge in [-0.1, -0.05) is 44.7 Å². The fourth-order valence-electron chi connectivity index (χ4n) is 0.726. The van der Waals surface area contributed by atoms with Gasteiger partial charge in [-0.2, -0.15) is 0 Å². The minimum Gasteiger partial charge on any atom is -0.125 e. The lowest BCUT2D eigenvalue weighted by molar-refractivity contribution is 0.794. The molecule has 0 amide bonds. The summed E-state index contributed by atoms with van der Waals surface area (Å²) in [5, 5.41) is 0. The highest BCUT2D eigenvalue weighted by Crippen LogP contribution is 2.08. The maximum absolute atomic E-state index is 3.62. The lowest BCUT2D eigenvalue weighted by atomic mass is 10.0. The average Bonchev–Trinajstić information content (AvgIpc) is 1.97. The Hall–Kier alpha value is -1.00. The normalized spacial score (nSPS) is 11.3. The lowest BCUT2D eigenvalue weighted by Gasteiger charge is -2.00. The maximum atomic E-state index is 3.62. The van der Waals surface area contributed by atoms with Crippen LogP contribution in [0.2, 0.25) is 0 Å². The van der Waals surface area contributed by atoms with Gasteiger partial charge in [0.05, 0.1) is 0 Å². The van der Waals surface area contributed by atoms with Gasteiger partial charge in [0, 0.05) is 0 Å². The Morgan fingerprint density at radius 1 is 1.36 bits per heavy atom. The molecule has 0 bridgehead atoms. The summed E-state index contributed by atoms with van der Waals surface area (Å²) < 4.78 is 0. The third-order valence-corrected chi connectivity index (χ3v) is 1.41. The van der Waals surface area contributed by atoms with E-state index < -0.39 is 0 Å². The van der Waals surface area contributed by atoms with Gasteiger partial charge in [0.25, 0.3) is 0 Å². The quantitative estimate of drug-likeness (QED) is 0.424. The third kappa shape index (κ3) is 4.41. The predicted molar refractivity (Wildman–Crippen MR) is 51.4 cm³/mol. The number of hydrogen-bond donors (Lipinski definition) is 0. The summed E-state index contributed by atoms with van der Waals surface area (Å²) >= 11 is 0. The summed E-state index contributed by atoms with van der Waals surface area (Å²) in [7, 11) is 0. The van der Waals surface area contributed by atoms with Crippen LogP contribution in [0.1, 0.15) is 20.8 Å². The molecule has 0 aliphatic carbocycles. The van der Waals surface area contributed by atoms with Crippen LogP contribution >= 0.6 is 0 Å². The van der Waals surface area contributed by atoms with E-state index in [0.717, 1.165) is 5.57 Å². The first-order chi connectivity index (χ1) is 5.22. The van der Waals surface area contributed by atoms with Gasteiger partial charge in [0.15, 0.2) is 0 Å². The first kappa shape index (κ1) is 10.0. The molecule has 0 aromatic rings. The molecule has 0 saturated heterocycles. The molecule has 0 N–H and O–H groups in total. The minimum atomic E-state index is 0.508. The molecule has 11 heavy (non-hydrogen) atoms. The van der Waals surface area contributed by atoms with E-state index in [1.165, 1.54) is 0 Å². The van der Waals surface area contributed by atoms with E-state index in [2.05, 4.69) is 26.2 Å². The zero-order chi connectivity index (χ0) is 8.69. The lowest BCUT2D eigenvalue weighted by Crippen LogP contribution is -1.87. The van der Waals surface area contributed by atoms with Gasteiger partial charge < -0.3 is 0 Å². The van der Waals surface area contributed by atoms with E-state index >= 15 is 0 Å². The van der Waals surface area contributed by atoms with Crippen molar-refractivity contribution in [2.45, 2.75) is 20.8 Å². The van der Waals surface area contributed by atoms with Crippen molar-refractivity contribution in [3.05, 3.63) is 42.2 Å². The van der Waals surface area contributed by atoms with Gasteiger partial charge in [-0.25, -0.2) is 0 Å². The molecule has 60 valence electrons. The Morgan fingerprint density at radius 3 is 2.36 bits per heavy atom. The van der Waals surface area contributed by atoms with Crippen LogP contribution in [0.25, 0.3) is 0 Å². The van der Waals surface area contributed by atoms with Crippen LogP contribution in [0, 0.1) is 5.92 Å². The van der Waals surface area contributed by atoms with Gasteiger partial charge in [-0.15, -0.1) is 5.73 Å². The molecule has 0 aliphatic rings. The highest BCUT2D eigenvalue weighted by molar-refractivity contribution is 5.22. The first-order valence-corrected chi connectivity index (χ1v) is 3.91. The Bertz CT molecular complexity index is 198. The second-order valence-electron chi connectivity index (χ2n) is 2.67. The summed E-state index contributed by atoms with van der Waals surface area (Å²) in [5.74, 6) is 0.508. The van der Waals surface area contributed by atoms with E-state index in [-0.39, 0.29) is 0 Å². The van der Waals surface area contributed by atoms with Crippen molar-refractivity contribution in [3.8, 4) is 0 Å². The average molecular weight is 148 g/mol. The summed E-state index contributed by atoms with van der Waals surface area (Å²) in [5.41, 5.74) is 4.06. The minimum absolute atomic E-state index is 0.508. The van der Waals surface area contributed by atoms with Gasteiger partial charge in [0.2, 0.25) is 0 Å². The molecule has 0 aromatic carbocycles. The van der Waals surface area contributed by atoms with Crippen LogP contribution in [0.3, 0.4) is 0 Å². The van der Waals surface area contributed by atoms with Crippen LogP contribution in [-0.2, 0) is 0 Å². The maximum Gasteiger partial charge on any atom is -0.00411 e. The van der Waals surface area contributed by atoms with Crippen molar-refractivity contribution in [1.82, 2.24) is 0 Å². The summed E-state index contributed by atoms with van der Waals surface area (Å²) in [4.78, 5) is 0.